The van der Waals surface area contributed by atoms with Crippen LogP contribution in [0.25, 0.3) is 5.69 Å². The second kappa shape index (κ2) is 9.73. The van der Waals surface area contributed by atoms with E-state index in [1.807, 2.05) is 32.0 Å². The molecule has 0 radical (unpaired) electrons. The quantitative estimate of drug-likeness (QED) is 0.597. The molecular weight excluding hydrogens is 373 g/mol. The first-order chi connectivity index (χ1) is 14.1. The third-order valence-corrected chi connectivity index (χ3v) is 4.24. The number of hydrogen-bond acceptors (Lipinski definition) is 4. The minimum atomic E-state index is -0.319. The number of rotatable bonds is 9. The highest BCUT2D eigenvalue weighted by Gasteiger charge is 2.10. The Labute approximate surface area is 169 Å². The Morgan fingerprint density at radius 2 is 1.79 bits per heavy atom. The van der Waals surface area contributed by atoms with Crippen LogP contribution in [0.2, 0.25) is 0 Å². The maximum atomic E-state index is 13.0. The van der Waals surface area contributed by atoms with Gasteiger partial charge in [-0.2, -0.15) is 5.10 Å². The summed E-state index contributed by atoms with van der Waals surface area (Å²) in [6.45, 7) is 5.45. The number of ether oxygens (including phenoxy) is 2. The number of halogens is 1. The fourth-order valence-electron chi connectivity index (χ4n) is 2.85. The summed E-state index contributed by atoms with van der Waals surface area (Å²) in [5, 5.41) is 7.05. The zero-order valence-electron chi connectivity index (χ0n) is 16.5. The summed E-state index contributed by atoms with van der Waals surface area (Å²) in [4.78, 5) is 12.4. The summed E-state index contributed by atoms with van der Waals surface area (Å²) in [7, 11) is 0. The smallest absolute Gasteiger partial charge is 0.254 e. The van der Waals surface area contributed by atoms with Gasteiger partial charge in [-0.1, -0.05) is 6.07 Å². The Hall–Kier alpha value is -3.35. The molecular formula is C22H24FN3O3. The predicted molar refractivity (Wildman–Crippen MR) is 108 cm³/mol. The van der Waals surface area contributed by atoms with Gasteiger partial charge in [-0.25, -0.2) is 9.07 Å². The van der Waals surface area contributed by atoms with E-state index in [9.17, 15) is 9.18 Å². The van der Waals surface area contributed by atoms with Crippen molar-refractivity contribution in [1.82, 2.24) is 15.1 Å². The second-order valence-corrected chi connectivity index (χ2v) is 6.30. The largest absolute Gasteiger partial charge is 0.490 e. The minimum absolute atomic E-state index is 0.214. The van der Waals surface area contributed by atoms with E-state index >= 15 is 0 Å². The highest BCUT2D eigenvalue weighted by Crippen LogP contribution is 2.28. The molecule has 0 bridgehead atoms. The molecule has 0 atom stereocenters. The van der Waals surface area contributed by atoms with Crippen LogP contribution in [0.4, 0.5) is 4.39 Å². The van der Waals surface area contributed by atoms with Crippen LogP contribution < -0.4 is 14.8 Å². The molecule has 0 aliphatic rings. The number of nitrogens with zero attached hydrogens (tertiary/aromatic N) is 2. The zero-order valence-corrected chi connectivity index (χ0v) is 16.5. The molecule has 0 saturated heterocycles. The molecule has 0 fully saturated rings. The maximum Gasteiger partial charge on any atom is 0.254 e. The molecule has 152 valence electrons. The fraction of sp³-hybridized carbons (Fsp3) is 0.273. The third kappa shape index (κ3) is 5.34. The summed E-state index contributed by atoms with van der Waals surface area (Å²) in [5.41, 5.74) is 2.17. The zero-order chi connectivity index (χ0) is 20.6. The molecule has 1 heterocycles. The lowest BCUT2D eigenvalue weighted by atomic mass is 10.1. The van der Waals surface area contributed by atoms with E-state index in [2.05, 4.69) is 10.4 Å². The van der Waals surface area contributed by atoms with Gasteiger partial charge < -0.3 is 14.8 Å². The van der Waals surface area contributed by atoms with Gasteiger partial charge >= 0.3 is 0 Å². The first-order valence-corrected chi connectivity index (χ1v) is 9.58. The van der Waals surface area contributed by atoms with Crippen molar-refractivity contribution in [1.29, 1.82) is 0 Å². The van der Waals surface area contributed by atoms with Gasteiger partial charge in [0.2, 0.25) is 0 Å². The van der Waals surface area contributed by atoms with Crippen molar-refractivity contribution in [3.63, 3.8) is 0 Å². The van der Waals surface area contributed by atoms with Crippen LogP contribution in [-0.2, 0) is 6.42 Å². The van der Waals surface area contributed by atoms with Crippen molar-refractivity contribution >= 4 is 5.91 Å². The molecule has 7 heteroatoms. The van der Waals surface area contributed by atoms with Gasteiger partial charge in [-0.05, 0) is 62.2 Å². The van der Waals surface area contributed by atoms with Crippen molar-refractivity contribution in [3.05, 3.63) is 71.8 Å². The number of benzene rings is 2. The molecule has 0 aliphatic heterocycles. The number of aromatic nitrogens is 2. The van der Waals surface area contributed by atoms with Gasteiger partial charge in [0.05, 0.1) is 30.7 Å². The van der Waals surface area contributed by atoms with Crippen LogP contribution in [0.15, 0.2) is 54.9 Å². The van der Waals surface area contributed by atoms with Crippen molar-refractivity contribution in [2.24, 2.45) is 0 Å². The van der Waals surface area contributed by atoms with Crippen molar-refractivity contribution in [3.8, 4) is 17.2 Å². The SMILES string of the molecule is CCOc1ccc(CCNC(=O)c2cnn(-c3ccc(F)cc3)c2)cc1OCC. The molecule has 3 rings (SSSR count). The molecule has 29 heavy (non-hydrogen) atoms. The van der Waals surface area contributed by atoms with Crippen LogP contribution in [0.5, 0.6) is 11.5 Å². The summed E-state index contributed by atoms with van der Waals surface area (Å²) in [6.07, 6.45) is 3.76. The van der Waals surface area contributed by atoms with Crippen molar-refractivity contribution in [2.75, 3.05) is 19.8 Å². The van der Waals surface area contributed by atoms with Gasteiger partial charge in [0.25, 0.3) is 5.91 Å². The predicted octanol–water partition coefficient (Wildman–Crippen LogP) is 3.78. The average Bonchev–Trinajstić information content (AvgIpc) is 3.21. The van der Waals surface area contributed by atoms with Gasteiger partial charge in [0.15, 0.2) is 11.5 Å². The maximum absolute atomic E-state index is 13.0. The number of amides is 1. The first kappa shape index (κ1) is 20.4. The molecule has 6 nitrogen and oxygen atoms in total. The standard InChI is InChI=1S/C22H24FN3O3/c1-3-28-20-10-5-16(13-21(20)29-4-2)11-12-24-22(27)17-14-25-26(15-17)19-8-6-18(23)7-9-19/h5-10,13-15H,3-4,11-12H2,1-2H3,(H,24,27). The number of hydrogen-bond donors (Lipinski definition) is 1. The van der Waals surface area contributed by atoms with E-state index in [0.717, 1.165) is 11.3 Å². The molecule has 0 saturated carbocycles. The first-order valence-electron chi connectivity index (χ1n) is 9.58. The Bertz CT molecular complexity index is 954. The second-order valence-electron chi connectivity index (χ2n) is 6.30. The van der Waals surface area contributed by atoms with E-state index in [-0.39, 0.29) is 11.7 Å². The van der Waals surface area contributed by atoms with Crippen LogP contribution in [-0.4, -0.2) is 35.4 Å². The molecule has 1 amide bonds. The molecule has 2 aromatic carbocycles. The summed E-state index contributed by atoms with van der Waals surface area (Å²) >= 11 is 0. The number of carbonyl (C=O) groups excluding carboxylic acids is 1. The summed E-state index contributed by atoms with van der Waals surface area (Å²) in [5.74, 6) is 0.893. The minimum Gasteiger partial charge on any atom is -0.490 e. The van der Waals surface area contributed by atoms with Crippen LogP contribution in [0.3, 0.4) is 0 Å². The monoisotopic (exact) mass is 397 g/mol. The Morgan fingerprint density at radius 3 is 2.52 bits per heavy atom. The van der Waals surface area contributed by atoms with Gasteiger partial charge in [-0.15, -0.1) is 0 Å². The van der Waals surface area contributed by atoms with E-state index in [1.54, 1.807) is 18.3 Å². The third-order valence-electron chi connectivity index (χ3n) is 4.24. The van der Waals surface area contributed by atoms with E-state index in [1.165, 1.54) is 23.0 Å². The molecule has 1 N–H and O–H groups in total. The highest BCUT2D eigenvalue weighted by molar-refractivity contribution is 5.93. The number of nitrogens with one attached hydrogen (secondary N) is 1. The molecule has 1 aromatic heterocycles. The summed E-state index contributed by atoms with van der Waals surface area (Å²) in [6, 6.07) is 11.7. The van der Waals surface area contributed by atoms with Crippen molar-refractivity contribution < 1.29 is 18.7 Å². The van der Waals surface area contributed by atoms with Crippen LogP contribution in [0, 0.1) is 5.82 Å². The lowest BCUT2D eigenvalue weighted by Gasteiger charge is -2.12. The Balaban J connectivity index is 1.57. The summed E-state index contributed by atoms with van der Waals surface area (Å²) < 4.78 is 25.8. The van der Waals surface area contributed by atoms with Gasteiger partial charge in [0, 0.05) is 12.7 Å². The fourth-order valence-corrected chi connectivity index (χ4v) is 2.85. The topological polar surface area (TPSA) is 65.4 Å². The normalized spacial score (nSPS) is 10.6. The lowest BCUT2D eigenvalue weighted by molar-refractivity contribution is 0.0954. The molecule has 0 unspecified atom stereocenters. The molecule has 0 aliphatic carbocycles. The lowest BCUT2D eigenvalue weighted by Crippen LogP contribution is -2.25. The Morgan fingerprint density at radius 1 is 1.07 bits per heavy atom. The van der Waals surface area contributed by atoms with E-state index < -0.39 is 0 Å². The highest BCUT2D eigenvalue weighted by atomic mass is 19.1. The van der Waals surface area contributed by atoms with E-state index in [0.29, 0.717) is 43.2 Å². The van der Waals surface area contributed by atoms with Gasteiger partial charge in [0.1, 0.15) is 5.82 Å². The number of carbonyl (C=O) groups is 1. The van der Waals surface area contributed by atoms with Gasteiger partial charge in [-0.3, -0.25) is 4.79 Å². The van der Waals surface area contributed by atoms with Crippen LogP contribution >= 0.6 is 0 Å². The van der Waals surface area contributed by atoms with E-state index in [4.69, 9.17) is 9.47 Å². The molecule has 0 spiro atoms. The Kier molecular flexibility index (Phi) is 6.84. The van der Waals surface area contributed by atoms with Crippen molar-refractivity contribution in [2.45, 2.75) is 20.3 Å². The average molecular weight is 397 g/mol. The molecule has 3 aromatic rings. The van der Waals surface area contributed by atoms with Crippen LogP contribution in [0.1, 0.15) is 29.8 Å².